The van der Waals surface area contributed by atoms with Crippen LogP contribution in [-0.2, 0) is 11.2 Å². The SMILES string of the molecule is COc1cccc(-n2nncc2CC(C)(C)C(=O)O)c1. The predicted molar refractivity (Wildman–Crippen MR) is 73.0 cm³/mol. The van der Waals surface area contributed by atoms with E-state index in [2.05, 4.69) is 10.3 Å². The van der Waals surface area contributed by atoms with Crippen molar-refractivity contribution in [1.82, 2.24) is 15.0 Å². The van der Waals surface area contributed by atoms with Gasteiger partial charge in [0.15, 0.2) is 0 Å². The first kappa shape index (κ1) is 14.0. The van der Waals surface area contributed by atoms with Gasteiger partial charge >= 0.3 is 5.97 Å². The van der Waals surface area contributed by atoms with Gasteiger partial charge in [0, 0.05) is 12.5 Å². The van der Waals surface area contributed by atoms with Crippen LogP contribution in [0.15, 0.2) is 30.5 Å². The van der Waals surface area contributed by atoms with E-state index >= 15 is 0 Å². The lowest BCUT2D eigenvalue weighted by Gasteiger charge is -2.19. The summed E-state index contributed by atoms with van der Waals surface area (Å²) in [6.45, 7) is 3.36. The molecule has 0 aliphatic rings. The highest BCUT2D eigenvalue weighted by molar-refractivity contribution is 5.73. The van der Waals surface area contributed by atoms with Crippen molar-refractivity contribution in [1.29, 1.82) is 0 Å². The molecule has 0 atom stereocenters. The Balaban J connectivity index is 2.35. The van der Waals surface area contributed by atoms with Crippen LogP contribution < -0.4 is 4.74 Å². The lowest BCUT2D eigenvalue weighted by Crippen LogP contribution is -2.27. The third-order valence-corrected chi connectivity index (χ3v) is 3.12. The van der Waals surface area contributed by atoms with Gasteiger partial charge in [0.25, 0.3) is 0 Å². The third kappa shape index (κ3) is 2.79. The summed E-state index contributed by atoms with van der Waals surface area (Å²) in [4.78, 5) is 11.2. The summed E-state index contributed by atoms with van der Waals surface area (Å²) in [7, 11) is 1.59. The van der Waals surface area contributed by atoms with Crippen molar-refractivity contribution in [3.8, 4) is 11.4 Å². The summed E-state index contributed by atoms with van der Waals surface area (Å²) in [6.07, 6.45) is 1.93. The molecule has 2 aromatic rings. The molecular formula is C14H17N3O3. The first-order valence-corrected chi connectivity index (χ1v) is 6.21. The Bertz CT molecular complexity index is 620. The van der Waals surface area contributed by atoms with Crippen LogP contribution in [0.3, 0.4) is 0 Å². The third-order valence-electron chi connectivity index (χ3n) is 3.12. The summed E-state index contributed by atoms with van der Waals surface area (Å²) in [5, 5.41) is 17.1. The van der Waals surface area contributed by atoms with Crippen LogP contribution in [0.4, 0.5) is 0 Å². The summed E-state index contributed by atoms with van der Waals surface area (Å²) in [5.41, 5.74) is 0.655. The van der Waals surface area contributed by atoms with Crippen molar-refractivity contribution >= 4 is 5.97 Å². The van der Waals surface area contributed by atoms with Gasteiger partial charge in [0.05, 0.1) is 30.1 Å². The molecule has 0 amide bonds. The zero-order valence-corrected chi connectivity index (χ0v) is 11.7. The molecule has 1 heterocycles. The van der Waals surface area contributed by atoms with Crippen molar-refractivity contribution in [3.05, 3.63) is 36.2 Å². The molecule has 0 spiro atoms. The number of hydrogen-bond acceptors (Lipinski definition) is 4. The number of carboxylic acids is 1. The average Bonchev–Trinajstić information content (AvgIpc) is 2.86. The fourth-order valence-electron chi connectivity index (χ4n) is 1.86. The van der Waals surface area contributed by atoms with E-state index in [4.69, 9.17) is 4.74 Å². The van der Waals surface area contributed by atoms with Crippen LogP contribution in [0, 0.1) is 5.41 Å². The Morgan fingerprint density at radius 2 is 2.20 bits per heavy atom. The minimum Gasteiger partial charge on any atom is -0.497 e. The maximum absolute atomic E-state index is 11.2. The maximum Gasteiger partial charge on any atom is 0.309 e. The normalized spacial score (nSPS) is 11.3. The van der Waals surface area contributed by atoms with E-state index in [-0.39, 0.29) is 0 Å². The second-order valence-corrected chi connectivity index (χ2v) is 5.20. The Morgan fingerprint density at radius 3 is 2.85 bits per heavy atom. The minimum atomic E-state index is -0.877. The maximum atomic E-state index is 11.2. The molecular weight excluding hydrogens is 258 g/mol. The van der Waals surface area contributed by atoms with Gasteiger partial charge in [-0.15, -0.1) is 5.10 Å². The summed E-state index contributed by atoms with van der Waals surface area (Å²) in [6, 6.07) is 7.38. The number of methoxy groups -OCH3 is 1. The van der Waals surface area contributed by atoms with Crippen molar-refractivity contribution in [2.24, 2.45) is 5.41 Å². The second kappa shape index (κ2) is 5.32. The lowest BCUT2D eigenvalue weighted by molar-refractivity contribution is -0.146. The molecule has 0 saturated carbocycles. The number of benzene rings is 1. The van der Waals surface area contributed by atoms with E-state index in [1.54, 1.807) is 31.8 Å². The number of aliphatic carboxylic acids is 1. The van der Waals surface area contributed by atoms with E-state index in [0.29, 0.717) is 12.2 Å². The van der Waals surface area contributed by atoms with Gasteiger partial charge in [-0.1, -0.05) is 11.3 Å². The number of rotatable bonds is 5. The highest BCUT2D eigenvalue weighted by Crippen LogP contribution is 2.24. The molecule has 0 unspecified atom stereocenters. The fourth-order valence-corrected chi connectivity index (χ4v) is 1.86. The summed E-state index contributed by atoms with van der Waals surface area (Å²) < 4.78 is 6.81. The van der Waals surface area contributed by atoms with Crippen LogP contribution >= 0.6 is 0 Å². The summed E-state index contributed by atoms with van der Waals surface area (Å²) >= 11 is 0. The Labute approximate surface area is 117 Å². The number of carbonyl (C=O) groups is 1. The van der Waals surface area contributed by atoms with Gasteiger partial charge in [-0.25, -0.2) is 4.68 Å². The molecule has 0 aliphatic heterocycles. The van der Waals surface area contributed by atoms with E-state index in [1.807, 2.05) is 24.3 Å². The molecule has 6 heteroatoms. The molecule has 0 fully saturated rings. The van der Waals surface area contributed by atoms with Crippen LogP contribution in [0.5, 0.6) is 5.75 Å². The zero-order chi connectivity index (χ0) is 14.8. The molecule has 2 rings (SSSR count). The second-order valence-electron chi connectivity index (χ2n) is 5.20. The first-order valence-electron chi connectivity index (χ1n) is 6.21. The molecule has 0 aliphatic carbocycles. The lowest BCUT2D eigenvalue weighted by atomic mass is 9.88. The molecule has 1 aromatic carbocycles. The topological polar surface area (TPSA) is 77.2 Å². The van der Waals surface area contributed by atoms with Gasteiger partial charge in [0.1, 0.15) is 5.75 Å². The van der Waals surface area contributed by atoms with Gasteiger partial charge < -0.3 is 9.84 Å². The predicted octanol–water partition coefficient (Wildman–Crippen LogP) is 1.93. The monoisotopic (exact) mass is 275 g/mol. The standard InChI is InChI=1S/C14H17N3O3/c1-14(2,13(18)19)8-11-9-15-16-17(11)10-5-4-6-12(7-10)20-3/h4-7,9H,8H2,1-3H3,(H,18,19). The van der Waals surface area contributed by atoms with Gasteiger partial charge in [-0.2, -0.15) is 0 Å². The molecule has 6 nitrogen and oxygen atoms in total. The largest absolute Gasteiger partial charge is 0.497 e. The van der Waals surface area contributed by atoms with Crippen LogP contribution in [-0.4, -0.2) is 33.2 Å². The Hall–Kier alpha value is -2.37. The molecule has 0 radical (unpaired) electrons. The molecule has 1 N–H and O–H groups in total. The molecule has 1 aromatic heterocycles. The quantitative estimate of drug-likeness (QED) is 0.902. The van der Waals surface area contributed by atoms with Gasteiger partial charge in [-0.05, 0) is 26.0 Å². The van der Waals surface area contributed by atoms with Crippen LogP contribution in [0.1, 0.15) is 19.5 Å². The van der Waals surface area contributed by atoms with Gasteiger partial charge in [0.2, 0.25) is 0 Å². The average molecular weight is 275 g/mol. The smallest absolute Gasteiger partial charge is 0.309 e. The first-order chi connectivity index (χ1) is 9.44. The van der Waals surface area contributed by atoms with E-state index < -0.39 is 11.4 Å². The van der Waals surface area contributed by atoms with Crippen molar-refractivity contribution < 1.29 is 14.6 Å². The fraction of sp³-hybridized carbons (Fsp3) is 0.357. The van der Waals surface area contributed by atoms with E-state index in [9.17, 15) is 9.90 Å². The minimum absolute atomic E-state index is 0.340. The van der Waals surface area contributed by atoms with E-state index in [1.165, 1.54) is 0 Å². The van der Waals surface area contributed by atoms with Gasteiger partial charge in [-0.3, -0.25) is 4.79 Å². The number of aromatic nitrogens is 3. The van der Waals surface area contributed by atoms with E-state index in [0.717, 1.165) is 11.4 Å². The number of ether oxygens (including phenoxy) is 1. The highest BCUT2D eigenvalue weighted by atomic mass is 16.5. The number of hydrogen-bond donors (Lipinski definition) is 1. The molecule has 20 heavy (non-hydrogen) atoms. The van der Waals surface area contributed by atoms with Crippen molar-refractivity contribution in [3.63, 3.8) is 0 Å². The zero-order valence-electron chi connectivity index (χ0n) is 11.7. The van der Waals surface area contributed by atoms with Crippen molar-refractivity contribution in [2.45, 2.75) is 20.3 Å². The Morgan fingerprint density at radius 1 is 1.45 bits per heavy atom. The van der Waals surface area contributed by atoms with Crippen LogP contribution in [0.2, 0.25) is 0 Å². The van der Waals surface area contributed by atoms with Crippen LogP contribution in [0.25, 0.3) is 5.69 Å². The molecule has 0 saturated heterocycles. The van der Waals surface area contributed by atoms with Crippen molar-refractivity contribution in [2.75, 3.05) is 7.11 Å². The highest BCUT2D eigenvalue weighted by Gasteiger charge is 2.29. The molecule has 0 bridgehead atoms. The number of carboxylic acid groups (broad SMARTS) is 1. The summed E-state index contributed by atoms with van der Waals surface area (Å²) in [5.74, 6) is -0.141. The Kier molecular flexibility index (Phi) is 3.74. The molecule has 106 valence electrons. The number of nitrogens with zero attached hydrogens (tertiary/aromatic N) is 3.